The zero-order valence-corrected chi connectivity index (χ0v) is 17.2. The standard InChI is InChI=1S/C21H18F3N3O4S/c22-21(23,24)14-7-10-17(26-15-8-5-13(12-25)6-9-15)18(11-14)27-20(28)16-3-1-2-4-19(16)32(29,30)31/h1-11,26H,12,25H2,(H,27,28)(H,29,30,31). The zero-order valence-electron chi connectivity index (χ0n) is 16.3. The third-order valence-corrected chi connectivity index (χ3v) is 5.39. The number of hydrogen-bond acceptors (Lipinski definition) is 5. The molecule has 0 aliphatic heterocycles. The number of amides is 1. The van der Waals surface area contributed by atoms with Crippen LogP contribution in [0.2, 0.25) is 0 Å². The van der Waals surface area contributed by atoms with Crippen LogP contribution in [-0.4, -0.2) is 18.9 Å². The lowest BCUT2D eigenvalue weighted by Gasteiger charge is -2.17. The second kappa shape index (κ2) is 8.99. The van der Waals surface area contributed by atoms with Crippen molar-refractivity contribution >= 4 is 33.1 Å². The highest BCUT2D eigenvalue weighted by molar-refractivity contribution is 7.86. The van der Waals surface area contributed by atoms with E-state index in [1.165, 1.54) is 12.1 Å². The Labute approximate surface area is 181 Å². The molecule has 3 rings (SSSR count). The summed E-state index contributed by atoms with van der Waals surface area (Å²) in [6.07, 6.45) is -4.67. The third kappa shape index (κ3) is 5.44. The van der Waals surface area contributed by atoms with E-state index in [0.717, 1.165) is 35.9 Å². The van der Waals surface area contributed by atoms with E-state index in [1.807, 2.05) is 0 Å². The summed E-state index contributed by atoms with van der Waals surface area (Å²) < 4.78 is 72.2. The molecule has 168 valence electrons. The van der Waals surface area contributed by atoms with Crippen molar-refractivity contribution in [3.63, 3.8) is 0 Å². The Bertz CT molecular complexity index is 1240. The van der Waals surface area contributed by atoms with Gasteiger partial charge in [-0.25, -0.2) is 0 Å². The topological polar surface area (TPSA) is 122 Å². The van der Waals surface area contributed by atoms with Crippen LogP contribution in [0.25, 0.3) is 0 Å². The summed E-state index contributed by atoms with van der Waals surface area (Å²) in [6, 6.07) is 14.3. The highest BCUT2D eigenvalue weighted by atomic mass is 32.2. The average Bonchev–Trinajstić information content (AvgIpc) is 2.74. The molecule has 32 heavy (non-hydrogen) atoms. The van der Waals surface area contributed by atoms with Crippen LogP contribution in [-0.2, 0) is 22.8 Å². The number of halogens is 3. The van der Waals surface area contributed by atoms with Gasteiger partial charge >= 0.3 is 6.18 Å². The van der Waals surface area contributed by atoms with Crippen molar-refractivity contribution in [1.82, 2.24) is 0 Å². The molecule has 3 aromatic rings. The molecule has 0 aromatic heterocycles. The molecule has 7 nitrogen and oxygen atoms in total. The van der Waals surface area contributed by atoms with Gasteiger partial charge in [0.1, 0.15) is 4.90 Å². The minimum Gasteiger partial charge on any atom is -0.354 e. The van der Waals surface area contributed by atoms with E-state index in [9.17, 15) is 30.9 Å². The molecule has 11 heteroatoms. The molecular formula is C21H18F3N3O4S. The first-order chi connectivity index (χ1) is 15.0. The molecule has 0 unspecified atom stereocenters. The molecule has 0 saturated heterocycles. The van der Waals surface area contributed by atoms with Gasteiger partial charge in [0.05, 0.1) is 22.5 Å². The van der Waals surface area contributed by atoms with Gasteiger partial charge in [-0.2, -0.15) is 21.6 Å². The quantitative estimate of drug-likeness (QED) is 0.400. The van der Waals surface area contributed by atoms with Crippen molar-refractivity contribution in [2.45, 2.75) is 17.6 Å². The first-order valence-corrected chi connectivity index (χ1v) is 10.6. The molecule has 0 aliphatic rings. The Balaban J connectivity index is 2.00. The molecule has 0 aliphatic carbocycles. The van der Waals surface area contributed by atoms with Crippen LogP contribution in [0.4, 0.5) is 30.2 Å². The van der Waals surface area contributed by atoms with E-state index in [4.69, 9.17) is 5.73 Å². The molecule has 0 spiro atoms. The van der Waals surface area contributed by atoms with Crippen molar-refractivity contribution in [3.8, 4) is 0 Å². The van der Waals surface area contributed by atoms with Crippen molar-refractivity contribution < 1.29 is 30.9 Å². The maximum Gasteiger partial charge on any atom is 0.416 e. The van der Waals surface area contributed by atoms with Gasteiger partial charge in [0.15, 0.2) is 0 Å². The molecular weight excluding hydrogens is 447 g/mol. The van der Waals surface area contributed by atoms with Gasteiger partial charge in [0, 0.05) is 12.2 Å². The molecule has 1 amide bonds. The summed E-state index contributed by atoms with van der Waals surface area (Å²) in [5.74, 6) is -1.01. The van der Waals surface area contributed by atoms with Crippen molar-refractivity contribution in [1.29, 1.82) is 0 Å². The fraction of sp³-hybridized carbons (Fsp3) is 0.0952. The van der Waals surface area contributed by atoms with Crippen LogP contribution in [0.15, 0.2) is 71.6 Å². The smallest absolute Gasteiger partial charge is 0.354 e. The van der Waals surface area contributed by atoms with Gasteiger partial charge in [-0.05, 0) is 48.0 Å². The zero-order chi connectivity index (χ0) is 23.5. The summed E-state index contributed by atoms with van der Waals surface area (Å²) in [7, 11) is -4.73. The number of anilines is 3. The number of benzene rings is 3. The summed E-state index contributed by atoms with van der Waals surface area (Å²) in [5.41, 5.74) is 5.38. The van der Waals surface area contributed by atoms with Gasteiger partial charge < -0.3 is 16.4 Å². The maximum atomic E-state index is 13.2. The highest BCUT2D eigenvalue weighted by Crippen LogP contribution is 2.35. The van der Waals surface area contributed by atoms with Crippen LogP contribution >= 0.6 is 0 Å². The Kier molecular flexibility index (Phi) is 6.53. The van der Waals surface area contributed by atoms with E-state index in [2.05, 4.69) is 10.6 Å². The van der Waals surface area contributed by atoms with Crippen LogP contribution in [0.5, 0.6) is 0 Å². The molecule has 0 bridgehead atoms. The number of carbonyl (C=O) groups is 1. The minimum absolute atomic E-state index is 0.135. The molecule has 0 atom stereocenters. The Morgan fingerprint density at radius 1 is 0.969 bits per heavy atom. The SMILES string of the molecule is NCc1ccc(Nc2ccc(C(F)(F)F)cc2NC(=O)c2ccccc2S(=O)(=O)O)cc1. The Morgan fingerprint density at radius 2 is 1.62 bits per heavy atom. The van der Waals surface area contributed by atoms with Crippen LogP contribution in [0, 0.1) is 0 Å². The number of nitrogens with two attached hydrogens (primary N) is 1. The maximum absolute atomic E-state index is 13.2. The Morgan fingerprint density at radius 3 is 2.22 bits per heavy atom. The fourth-order valence-corrected chi connectivity index (χ4v) is 3.57. The Hall–Kier alpha value is -3.41. The number of rotatable bonds is 6. The predicted octanol–water partition coefficient (Wildman–Crippen LogP) is 4.41. The van der Waals surface area contributed by atoms with Crippen LogP contribution in [0.3, 0.4) is 0 Å². The lowest BCUT2D eigenvalue weighted by atomic mass is 10.1. The lowest BCUT2D eigenvalue weighted by Crippen LogP contribution is -2.17. The summed E-state index contributed by atoms with van der Waals surface area (Å²) >= 11 is 0. The first-order valence-electron chi connectivity index (χ1n) is 9.14. The molecule has 5 N–H and O–H groups in total. The molecule has 0 fully saturated rings. The van der Waals surface area contributed by atoms with Crippen molar-refractivity contribution in [3.05, 3.63) is 83.4 Å². The van der Waals surface area contributed by atoms with Gasteiger partial charge in [0.25, 0.3) is 16.0 Å². The molecule has 0 heterocycles. The van der Waals surface area contributed by atoms with Gasteiger partial charge in [-0.15, -0.1) is 0 Å². The van der Waals surface area contributed by atoms with Crippen LogP contribution < -0.4 is 16.4 Å². The third-order valence-electron chi connectivity index (χ3n) is 4.47. The molecule has 3 aromatic carbocycles. The van der Waals surface area contributed by atoms with Crippen molar-refractivity contribution in [2.75, 3.05) is 10.6 Å². The van der Waals surface area contributed by atoms with Crippen molar-refractivity contribution in [2.24, 2.45) is 5.73 Å². The van der Waals surface area contributed by atoms with Gasteiger partial charge in [0.2, 0.25) is 0 Å². The largest absolute Gasteiger partial charge is 0.416 e. The number of carbonyl (C=O) groups excluding carboxylic acids is 1. The second-order valence-corrected chi connectivity index (χ2v) is 8.10. The molecule has 0 radical (unpaired) electrons. The van der Waals surface area contributed by atoms with E-state index in [-0.39, 0.29) is 11.4 Å². The predicted molar refractivity (Wildman–Crippen MR) is 113 cm³/mol. The number of nitrogens with one attached hydrogen (secondary N) is 2. The highest BCUT2D eigenvalue weighted by Gasteiger charge is 2.31. The summed E-state index contributed by atoms with van der Waals surface area (Å²) in [6.45, 7) is 0.315. The van der Waals surface area contributed by atoms with Crippen LogP contribution in [0.1, 0.15) is 21.5 Å². The normalized spacial score (nSPS) is 11.8. The monoisotopic (exact) mass is 465 g/mol. The first kappa shape index (κ1) is 23.3. The molecule has 0 saturated carbocycles. The lowest BCUT2D eigenvalue weighted by molar-refractivity contribution is -0.137. The fourth-order valence-electron chi connectivity index (χ4n) is 2.88. The number of alkyl halides is 3. The summed E-state index contributed by atoms with van der Waals surface area (Å²) in [4.78, 5) is 12.1. The van der Waals surface area contributed by atoms with E-state index in [0.29, 0.717) is 12.2 Å². The second-order valence-electron chi connectivity index (χ2n) is 6.71. The minimum atomic E-state index is -4.73. The van der Waals surface area contributed by atoms with Gasteiger partial charge in [-0.3, -0.25) is 9.35 Å². The van der Waals surface area contributed by atoms with E-state index >= 15 is 0 Å². The van der Waals surface area contributed by atoms with Gasteiger partial charge in [-0.1, -0.05) is 24.3 Å². The average molecular weight is 465 g/mol. The summed E-state index contributed by atoms with van der Waals surface area (Å²) in [5, 5.41) is 5.21. The van der Waals surface area contributed by atoms with E-state index in [1.54, 1.807) is 24.3 Å². The van der Waals surface area contributed by atoms with E-state index < -0.39 is 38.2 Å². The number of hydrogen-bond donors (Lipinski definition) is 4.